The van der Waals surface area contributed by atoms with E-state index in [9.17, 15) is 13.6 Å². The maximum atomic E-state index is 13.8. The van der Waals surface area contributed by atoms with Gasteiger partial charge in [-0.2, -0.15) is 0 Å². The Kier molecular flexibility index (Phi) is 4.94. The fourth-order valence-electron chi connectivity index (χ4n) is 1.73. The molecule has 104 valence electrons. The fourth-order valence-corrected chi connectivity index (χ4v) is 2.11. The van der Waals surface area contributed by atoms with Gasteiger partial charge in [-0.25, -0.2) is 8.78 Å². The fraction of sp³-hybridized carbons (Fsp3) is 0.385. The normalized spacial score (nSPS) is 12.3. The molecule has 0 spiro atoms. The molecule has 1 rings (SSSR count). The summed E-state index contributed by atoms with van der Waals surface area (Å²) >= 11 is 4.81. The van der Waals surface area contributed by atoms with E-state index in [4.69, 9.17) is 18.0 Å². The van der Waals surface area contributed by atoms with Crippen LogP contribution in [0.1, 0.15) is 19.4 Å². The minimum atomic E-state index is -0.832. The molecule has 3 N–H and O–H groups in total. The van der Waals surface area contributed by atoms with Gasteiger partial charge >= 0.3 is 0 Å². The number of amides is 1. The molecule has 0 bridgehead atoms. The van der Waals surface area contributed by atoms with Crippen molar-refractivity contribution in [1.82, 2.24) is 0 Å². The zero-order valence-corrected chi connectivity index (χ0v) is 11.8. The van der Waals surface area contributed by atoms with Crippen LogP contribution in [0.4, 0.5) is 14.5 Å². The van der Waals surface area contributed by atoms with Crippen LogP contribution in [0.2, 0.25) is 0 Å². The Morgan fingerprint density at radius 1 is 1.37 bits per heavy atom. The lowest BCUT2D eigenvalue weighted by molar-refractivity contribution is -0.118. The number of aryl methyl sites for hydroxylation is 1. The van der Waals surface area contributed by atoms with Crippen molar-refractivity contribution in [3.05, 3.63) is 29.3 Å². The van der Waals surface area contributed by atoms with Gasteiger partial charge < -0.3 is 11.1 Å². The minimum absolute atomic E-state index is 0.000898. The van der Waals surface area contributed by atoms with Crippen molar-refractivity contribution in [2.45, 2.75) is 20.8 Å². The Bertz CT molecular complexity index is 518. The Morgan fingerprint density at radius 3 is 2.42 bits per heavy atom. The number of nitrogens with one attached hydrogen (secondary N) is 1. The standard InChI is InChI=1S/C13H16F2N2OS/c1-6(2)9(12(16)19)13(18)17-11-8(14)5-4-7(3)10(11)15/h4-6,9H,1-3H3,(H2,16,19)(H,17,18). The van der Waals surface area contributed by atoms with Crippen LogP contribution >= 0.6 is 12.2 Å². The van der Waals surface area contributed by atoms with E-state index in [0.717, 1.165) is 6.07 Å². The van der Waals surface area contributed by atoms with Gasteiger partial charge in [0, 0.05) is 0 Å². The maximum Gasteiger partial charge on any atom is 0.234 e. The Balaban J connectivity index is 3.06. The van der Waals surface area contributed by atoms with Crippen molar-refractivity contribution in [3.8, 4) is 0 Å². The minimum Gasteiger partial charge on any atom is -0.393 e. The molecule has 0 heterocycles. The van der Waals surface area contributed by atoms with Gasteiger partial charge in [-0.3, -0.25) is 4.79 Å². The van der Waals surface area contributed by atoms with E-state index in [0.29, 0.717) is 0 Å². The van der Waals surface area contributed by atoms with E-state index in [1.165, 1.54) is 13.0 Å². The van der Waals surface area contributed by atoms with E-state index < -0.39 is 29.1 Å². The highest BCUT2D eigenvalue weighted by Crippen LogP contribution is 2.23. The zero-order chi connectivity index (χ0) is 14.7. The van der Waals surface area contributed by atoms with Crippen molar-refractivity contribution >= 4 is 28.8 Å². The molecule has 0 aliphatic rings. The number of hydrogen-bond acceptors (Lipinski definition) is 2. The van der Waals surface area contributed by atoms with Gasteiger partial charge in [-0.05, 0) is 24.5 Å². The highest BCUT2D eigenvalue weighted by atomic mass is 32.1. The van der Waals surface area contributed by atoms with Crippen LogP contribution in [0.5, 0.6) is 0 Å². The first-order valence-electron chi connectivity index (χ1n) is 5.80. The molecule has 0 saturated carbocycles. The Morgan fingerprint density at radius 2 is 1.95 bits per heavy atom. The number of halogens is 2. The lowest BCUT2D eigenvalue weighted by Crippen LogP contribution is -2.37. The van der Waals surface area contributed by atoms with Crippen molar-refractivity contribution < 1.29 is 13.6 Å². The monoisotopic (exact) mass is 286 g/mol. The van der Waals surface area contributed by atoms with Gasteiger partial charge in [0.2, 0.25) is 5.91 Å². The second kappa shape index (κ2) is 6.06. The number of thiocarbonyl (C=S) groups is 1. The quantitative estimate of drug-likeness (QED) is 0.837. The average molecular weight is 286 g/mol. The smallest absolute Gasteiger partial charge is 0.234 e. The number of benzene rings is 1. The number of carbonyl (C=O) groups is 1. The molecule has 0 radical (unpaired) electrons. The first-order valence-corrected chi connectivity index (χ1v) is 6.21. The molecule has 1 aromatic carbocycles. The predicted molar refractivity (Wildman–Crippen MR) is 74.8 cm³/mol. The third-order valence-electron chi connectivity index (χ3n) is 2.79. The first kappa shape index (κ1) is 15.5. The van der Waals surface area contributed by atoms with Crippen LogP contribution < -0.4 is 11.1 Å². The largest absolute Gasteiger partial charge is 0.393 e. The number of anilines is 1. The van der Waals surface area contributed by atoms with Crippen LogP contribution in [0.25, 0.3) is 0 Å². The third kappa shape index (κ3) is 3.47. The number of rotatable bonds is 4. The molecular formula is C13H16F2N2OS. The Hall–Kier alpha value is -1.56. The van der Waals surface area contributed by atoms with Crippen LogP contribution in [-0.2, 0) is 4.79 Å². The van der Waals surface area contributed by atoms with Crippen LogP contribution in [-0.4, -0.2) is 10.9 Å². The van der Waals surface area contributed by atoms with Crippen molar-refractivity contribution in [2.24, 2.45) is 17.6 Å². The topological polar surface area (TPSA) is 55.1 Å². The molecule has 0 saturated heterocycles. The lowest BCUT2D eigenvalue weighted by Gasteiger charge is -2.19. The molecule has 0 aromatic heterocycles. The molecule has 1 unspecified atom stereocenters. The van der Waals surface area contributed by atoms with E-state index in [1.54, 1.807) is 13.8 Å². The van der Waals surface area contributed by atoms with Crippen molar-refractivity contribution in [3.63, 3.8) is 0 Å². The molecule has 0 aliphatic heterocycles. The summed E-state index contributed by atoms with van der Waals surface area (Å²) in [5, 5.41) is 2.23. The summed E-state index contributed by atoms with van der Waals surface area (Å²) in [6, 6.07) is 2.40. The van der Waals surface area contributed by atoms with Gasteiger partial charge in [0.05, 0.1) is 10.9 Å². The first-order chi connectivity index (χ1) is 8.75. The van der Waals surface area contributed by atoms with Crippen molar-refractivity contribution in [2.75, 3.05) is 5.32 Å². The zero-order valence-electron chi connectivity index (χ0n) is 11.0. The summed E-state index contributed by atoms with van der Waals surface area (Å²) in [4.78, 5) is 12.0. The van der Waals surface area contributed by atoms with E-state index in [-0.39, 0.29) is 16.5 Å². The van der Waals surface area contributed by atoms with Crippen LogP contribution in [0.15, 0.2) is 12.1 Å². The van der Waals surface area contributed by atoms with Gasteiger partial charge in [-0.1, -0.05) is 32.1 Å². The molecule has 0 aliphatic carbocycles. The van der Waals surface area contributed by atoms with Gasteiger partial charge in [0.15, 0.2) is 5.82 Å². The van der Waals surface area contributed by atoms with Crippen LogP contribution in [0.3, 0.4) is 0 Å². The second-order valence-electron chi connectivity index (χ2n) is 4.67. The van der Waals surface area contributed by atoms with Crippen LogP contribution in [0, 0.1) is 30.4 Å². The van der Waals surface area contributed by atoms with Crippen molar-refractivity contribution in [1.29, 1.82) is 0 Å². The number of hydrogen-bond donors (Lipinski definition) is 2. The summed E-state index contributed by atoms with van der Waals surface area (Å²) in [7, 11) is 0. The summed E-state index contributed by atoms with van der Waals surface area (Å²) in [6.45, 7) is 5.00. The highest BCUT2D eigenvalue weighted by Gasteiger charge is 2.26. The molecular weight excluding hydrogens is 270 g/mol. The molecule has 6 heteroatoms. The number of carbonyl (C=O) groups excluding carboxylic acids is 1. The second-order valence-corrected chi connectivity index (χ2v) is 5.14. The summed E-state index contributed by atoms with van der Waals surface area (Å²) < 4.78 is 27.3. The molecule has 1 amide bonds. The van der Waals surface area contributed by atoms with E-state index in [2.05, 4.69) is 5.32 Å². The Labute approximate surface area is 116 Å². The van der Waals surface area contributed by atoms with Gasteiger partial charge in [0.25, 0.3) is 0 Å². The molecule has 0 fully saturated rings. The average Bonchev–Trinajstić information content (AvgIpc) is 2.28. The molecule has 19 heavy (non-hydrogen) atoms. The highest BCUT2D eigenvalue weighted by molar-refractivity contribution is 7.80. The third-order valence-corrected chi connectivity index (χ3v) is 3.04. The molecule has 1 aromatic rings. The van der Waals surface area contributed by atoms with Gasteiger partial charge in [0.1, 0.15) is 11.5 Å². The summed E-state index contributed by atoms with van der Waals surface area (Å²) in [6.07, 6.45) is 0. The lowest BCUT2D eigenvalue weighted by atomic mass is 9.95. The van der Waals surface area contributed by atoms with E-state index >= 15 is 0 Å². The SMILES string of the molecule is Cc1ccc(F)c(NC(=O)C(C(N)=S)C(C)C)c1F. The summed E-state index contributed by atoms with van der Waals surface area (Å²) in [5.74, 6) is -3.16. The van der Waals surface area contributed by atoms with E-state index in [1.807, 2.05) is 0 Å². The maximum absolute atomic E-state index is 13.8. The molecule has 3 nitrogen and oxygen atoms in total. The number of nitrogens with two attached hydrogens (primary N) is 1. The summed E-state index contributed by atoms with van der Waals surface area (Å²) in [5.41, 5.74) is 5.26. The predicted octanol–water partition coefficient (Wildman–Crippen LogP) is 2.77. The molecule has 1 atom stereocenters. The van der Waals surface area contributed by atoms with Gasteiger partial charge in [-0.15, -0.1) is 0 Å².